The van der Waals surface area contributed by atoms with Crippen LogP contribution in [0.5, 0.6) is 23.0 Å². The zero-order valence-corrected chi connectivity index (χ0v) is 15.9. The van der Waals surface area contributed by atoms with Crippen molar-refractivity contribution in [2.45, 2.75) is 25.4 Å². The molecule has 0 unspecified atom stereocenters. The highest BCUT2D eigenvalue weighted by atomic mass is 16.5. The molecule has 2 aromatic carbocycles. The molecule has 1 aliphatic rings. The van der Waals surface area contributed by atoms with Crippen LogP contribution in [0.25, 0.3) is 0 Å². The Morgan fingerprint density at radius 1 is 0.885 bits per heavy atom. The molecule has 2 aromatic rings. The lowest BCUT2D eigenvalue weighted by molar-refractivity contribution is 0.391. The highest BCUT2D eigenvalue weighted by molar-refractivity contribution is 5.70. The lowest BCUT2D eigenvalue weighted by Gasteiger charge is -2.34. The molecular weight excluding hydrogens is 332 g/mol. The number of rotatable bonds is 6. The van der Waals surface area contributed by atoms with E-state index in [1.54, 1.807) is 28.4 Å². The summed E-state index contributed by atoms with van der Waals surface area (Å²) in [6, 6.07) is 10.1. The molecule has 0 bridgehead atoms. The molecule has 1 heterocycles. The summed E-state index contributed by atoms with van der Waals surface area (Å²) >= 11 is 0. The molecule has 0 spiro atoms. The molecule has 0 aliphatic carbocycles. The Labute approximate surface area is 154 Å². The van der Waals surface area contributed by atoms with Crippen LogP contribution >= 0.6 is 0 Å². The molecule has 0 aromatic heterocycles. The second-order valence-electron chi connectivity index (χ2n) is 6.34. The summed E-state index contributed by atoms with van der Waals surface area (Å²) in [5.41, 5.74) is 3.02. The molecule has 26 heavy (non-hydrogen) atoms. The van der Waals surface area contributed by atoms with Gasteiger partial charge in [0.2, 0.25) is 0 Å². The topological polar surface area (TPSA) is 61.0 Å². The first kappa shape index (κ1) is 18.0. The van der Waals surface area contributed by atoms with Crippen LogP contribution in [0, 0.1) is 0 Å². The van der Waals surface area contributed by atoms with Gasteiger partial charge in [0.1, 0.15) is 23.0 Å². The second kappa shape index (κ2) is 7.64. The maximum absolute atomic E-state index is 5.57. The molecular formula is C20H26N2O4. The highest BCUT2D eigenvalue weighted by Gasteiger charge is 2.28. The van der Waals surface area contributed by atoms with Crippen molar-refractivity contribution in [1.82, 2.24) is 0 Å². The van der Waals surface area contributed by atoms with Gasteiger partial charge in [0.15, 0.2) is 0 Å². The summed E-state index contributed by atoms with van der Waals surface area (Å²) < 4.78 is 21.8. The molecule has 6 heteroatoms. The number of anilines is 2. The Balaban J connectivity index is 2.00. The van der Waals surface area contributed by atoms with Crippen LogP contribution in [-0.4, -0.2) is 34.5 Å². The van der Waals surface area contributed by atoms with E-state index in [0.29, 0.717) is 6.04 Å². The number of hydrogen-bond donors (Lipinski definition) is 2. The molecule has 0 saturated carbocycles. The predicted molar refractivity (Wildman–Crippen MR) is 103 cm³/mol. The quantitative estimate of drug-likeness (QED) is 0.811. The average molecular weight is 358 g/mol. The third-order valence-electron chi connectivity index (χ3n) is 4.66. The van der Waals surface area contributed by atoms with Gasteiger partial charge in [0, 0.05) is 23.7 Å². The number of hydrogen-bond acceptors (Lipinski definition) is 6. The number of nitrogens with one attached hydrogen (secondary N) is 2. The number of fused-ring (bicyclic) bond motifs is 1. The maximum atomic E-state index is 5.57. The zero-order chi connectivity index (χ0) is 18.7. The van der Waals surface area contributed by atoms with Crippen molar-refractivity contribution in [3.63, 3.8) is 0 Å². The zero-order valence-electron chi connectivity index (χ0n) is 15.9. The third-order valence-corrected chi connectivity index (χ3v) is 4.66. The smallest absolute Gasteiger partial charge is 0.146 e. The molecule has 140 valence electrons. The Kier molecular flexibility index (Phi) is 5.30. The van der Waals surface area contributed by atoms with Crippen molar-refractivity contribution in [2.75, 3.05) is 39.1 Å². The van der Waals surface area contributed by atoms with E-state index in [4.69, 9.17) is 18.9 Å². The van der Waals surface area contributed by atoms with Gasteiger partial charge in [-0.3, -0.25) is 0 Å². The largest absolute Gasteiger partial charge is 0.497 e. The number of benzene rings is 2. The molecule has 0 radical (unpaired) electrons. The lowest BCUT2D eigenvalue weighted by atomic mass is 9.92. The Bertz CT molecular complexity index is 779. The van der Waals surface area contributed by atoms with Gasteiger partial charge in [-0.15, -0.1) is 0 Å². The average Bonchev–Trinajstić information content (AvgIpc) is 2.67. The summed E-state index contributed by atoms with van der Waals surface area (Å²) in [5, 5.41) is 7.13. The van der Waals surface area contributed by atoms with E-state index in [1.807, 2.05) is 30.3 Å². The predicted octanol–water partition coefficient (Wildman–Crippen LogP) is 4.08. The van der Waals surface area contributed by atoms with Crippen molar-refractivity contribution in [3.8, 4) is 23.0 Å². The SMILES string of the molecule is COc1ccc(N[C@@H]2C[C@H](C)Nc3c(OC)cc(OC)cc32)c(OC)c1. The molecule has 6 nitrogen and oxygen atoms in total. The monoisotopic (exact) mass is 358 g/mol. The molecule has 0 fully saturated rings. The molecule has 0 amide bonds. The Hall–Kier alpha value is -2.76. The molecule has 3 rings (SSSR count). The number of methoxy groups -OCH3 is 4. The minimum atomic E-state index is 0.0903. The third kappa shape index (κ3) is 3.45. The summed E-state index contributed by atoms with van der Waals surface area (Å²) in [7, 11) is 6.64. The van der Waals surface area contributed by atoms with E-state index in [1.165, 1.54) is 0 Å². The standard InChI is InChI=1S/C20H26N2O4/c1-12-8-17(22-16-7-6-13(23-2)10-18(16)25-4)15-9-14(24-3)11-19(26-5)20(15)21-12/h6-7,9-12,17,21-22H,8H2,1-5H3/t12-,17+/m0/s1. The fourth-order valence-electron chi connectivity index (χ4n) is 3.35. The lowest BCUT2D eigenvalue weighted by Crippen LogP contribution is -2.29. The van der Waals surface area contributed by atoms with E-state index in [0.717, 1.165) is 46.4 Å². The first-order valence-electron chi connectivity index (χ1n) is 8.60. The summed E-state index contributed by atoms with van der Waals surface area (Å²) in [4.78, 5) is 0. The minimum absolute atomic E-state index is 0.0903. The summed E-state index contributed by atoms with van der Waals surface area (Å²) in [6.07, 6.45) is 0.915. The van der Waals surface area contributed by atoms with Crippen LogP contribution in [0.4, 0.5) is 11.4 Å². The fourth-order valence-corrected chi connectivity index (χ4v) is 3.35. The minimum Gasteiger partial charge on any atom is -0.497 e. The first-order chi connectivity index (χ1) is 12.6. The molecule has 0 saturated heterocycles. The fraction of sp³-hybridized carbons (Fsp3) is 0.400. The van der Waals surface area contributed by atoms with Crippen molar-refractivity contribution in [2.24, 2.45) is 0 Å². The van der Waals surface area contributed by atoms with Gasteiger partial charge in [0.25, 0.3) is 0 Å². The first-order valence-corrected chi connectivity index (χ1v) is 8.60. The Morgan fingerprint density at radius 3 is 2.23 bits per heavy atom. The van der Waals surface area contributed by atoms with Crippen LogP contribution in [-0.2, 0) is 0 Å². The van der Waals surface area contributed by atoms with Crippen molar-refractivity contribution in [3.05, 3.63) is 35.9 Å². The van der Waals surface area contributed by atoms with Crippen molar-refractivity contribution < 1.29 is 18.9 Å². The van der Waals surface area contributed by atoms with Crippen LogP contribution < -0.4 is 29.6 Å². The normalized spacial score (nSPS) is 18.3. The van der Waals surface area contributed by atoms with Crippen molar-refractivity contribution in [1.29, 1.82) is 0 Å². The highest BCUT2D eigenvalue weighted by Crippen LogP contribution is 2.44. The summed E-state index contributed by atoms with van der Waals surface area (Å²) in [5.74, 6) is 3.05. The van der Waals surface area contributed by atoms with Gasteiger partial charge in [-0.2, -0.15) is 0 Å². The van der Waals surface area contributed by atoms with Crippen LogP contribution in [0.3, 0.4) is 0 Å². The van der Waals surface area contributed by atoms with E-state index in [2.05, 4.69) is 17.6 Å². The van der Waals surface area contributed by atoms with Gasteiger partial charge >= 0.3 is 0 Å². The van der Waals surface area contributed by atoms with Gasteiger partial charge in [-0.05, 0) is 31.5 Å². The van der Waals surface area contributed by atoms with Gasteiger partial charge < -0.3 is 29.6 Å². The molecule has 1 aliphatic heterocycles. The van der Waals surface area contributed by atoms with Gasteiger partial charge in [-0.1, -0.05) is 0 Å². The van der Waals surface area contributed by atoms with E-state index < -0.39 is 0 Å². The number of ether oxygens (including phenoxy) is 4. The maximum Gasteiger partial charge on any atom is 0.146 e. The van der Waals surface area contributed by atoms with E-state index in [9.17, 15) is 0 Å². The van der Waals surface area contributed by atoms with Gasteiger partial charge in [0.05, 0.1) is 45.9 Å². The van der Waals surface area contributed by atoms with Crippen LogP contribution in [0.2, 0.25) is 0 Å². The molecule has 2 N–H and O–H groups in total. The summed E-state index contributed by atoms with van der Waals surface area (Å²) in [6.45, 7) is 2.16. The van der Waals surface area contributed by atoms with Crippen LogP contribution in [0.15, 0.2) is 30.3 Å². The Morgan fingerprint density at radius 2 is 1.58 bits per heavy atom. The van der Waals surface area contributed by atoms with Crippen molar-refractivity contribution >= 4 is 11.4 Å². The van der Waals surface area contributed by atoms with Crippen LogP contribution in [0.1, 0.15) is 24.9 Å². The molecule has 2 atom stereocenters. The second-order valence-corrected chi connectivity index (χ2v) is 6.34. The van der Waals surface area contributed by atoms with Gasteiger partial charge in [-0.25, -0.2) is 0 Å². The van der Waals surface area contributed by atoms with E-state index >= 15 is 0 Å². The van der Waals surface area contributed by atoms with E-state index in [-0.39, 0.29) is 6.04 Å².